The highest BCUT2D eigenvalue weighted by atomic mass is 16.6. The molecular formula is C23H36O4. The molecule has 0 aliphatic carbocycles. The molecule has 0 aliphatic rings. The Balaban J connectivity index is 2.93. The molecule has 27 heavy (non-hydrogen) atoms. The van der Waals surface area contributed by atoms with Crippen molar-refractivity contribution in [1.29, 1.82) is 0 Å². The number of esters is 2. The van der Waals surface area contributed by atoms with E-state index in [1.54, 1.807) is 6.07 Å². The molecule has 1 aromatic carbocycles. The highest BCUT2D eigenvalue weighted by molar-refractivity contribution is 5.79. The number of carbonyl (C=O) groups is 2. The molecule has 0 bridgehead atoms. The van der Waals surface area contributed by atoms with Crippen molar-refractivity contribution in [1.82, 2.24) is 0 Å². The topological polar surface area (TPSA) is 52.6 Å². The van der Waals surface area contributed by atoms with Gasteiger partial charge in [-0.25, -0.2) is 0 Å². The van der Waals surface area contributed by atoms with E-state index >= 15 is 0 Å². The fourth-order valence-electron chi connectivity index (χ4n) is 3.09. The average molecular weight is 377 g/mol. The van der Waals surface area contributed by atoms with E-state index in [0.717, 1.165) is 56.9 Å². The van der Waals surface area contributed by atoms with Gasteiger partial charge in [0, 0.05) is 0 Å². The monoisotopic (exact) mass is 376 g/mol. The predicted molar refractivity (Wildman–Crippen MR) is 109 cm³/mol. The zero-order chi connectivity index (χ0) is 20.2. The number of rotatable bonds is 12. The number of para-hydroxylation sites is 1. The van der Waals surface area contributed by atoms with E-state index in [1.165, 1.54) is 0 Å². The van der Waals surface area contributed by atoms with E-state index in [4.69, 9.17) is 9.47 Å². The van der Waals surface area contributed by atoms with Crippen LogP contribution in [0.15, 0.2) is 18.2 Å². The Morgan fingerprint density at radius 2 is 1.37 bits per heavy atom. The molecule has 0 amide bonds. The van der Waals surface area contributed by atoms with E-state index in [1.807, 2.05) is 32.9 Å². The van der Waals surface area contributed by atoms with Crippen LogP contribution in [0, 0.1) is 18.8 Å². The van der Waals surface area contributed by atoms with Gasteiger partial charge in [-0.15, -0.1) is 0 Å². The zero-order valence-electron chi connectivity index (χ0n) is 17.7. The Kier molecular flexibility index (Phi) is 10.8. The third kappa shape index (κ3) is 7.36. The lowest BCUT2D eigenvalue weighted by Crippen LogP contribution is -2.23. The van der Waals surface area contributed by atoms with Crippen molar-refractivity contribution in [3.05, 3.63) is 23.8 Å². The third-order valence-corrected chi connectivity index (χ3v) is 5.05. The van der Waals surface area contributed by atoms with E-state index in [-0.39, 0.29) is 23.8 Å². The van der Waals surface area contributed by atoms with Gasteiger partial charge >= 0.3 is 11.9 Å². The SMILES string of the molecule is CCCCC(CC)C(=O)Oc1cccc(C)c1OC(=O)C(CC)CCCC. The van der Waals surface area contributed by atoms with Gasteiger partial charge in [0.1, 0.15) is 0 Å². The molecule has 0 saturated heterocycles. The first-order valence-corrected chi connectivity index (χ1v) is 10.5. The summed E-state index contributed by atoms with van der Waals surface area (Å²) < 4.78 is 11.4. The van der Waals surface area contributed by atoms with Gasteiger partial charge in [-0.3, -0.25) is 9.59 Å². The molecule has 0 radical (unpaired) electrons. The normalized spacial score (nSPS) is 13.1. The number of ether oxygens (including phenoxy) is 2. The Bertz CT molecular complexity index is 594. The number of unbranched alkanes of at least 4 members (excludes halogenated alkanes) is 2. The minimum Gasteiger partial charge on any atom is -0.422 e. The maximum absolute atomic E-state index is 12.6. The van der Waals surface area contributed by atoms with Crippen LogP contribution >= 0.6 is 0 Å². The molecule has 0 heterocycles. The third-order valence-electron chi connectivity index (χ3n) is 5.05. The van der Waals surface area contributed by atoms with Crippen LogP contribution in [0.4, 0.5) is 0 Å². The second-order valence-electron chi connectivity index (χ2n) is 7.24. The van der Waals surface area contributed by atoms with Crippen molar-refractivity contribution in [3.63, 3.8) is 0 Å². The average Bonchev–Trinajstić information content (AvgIpc) is 2.65. The number of aryl methyl sites for hydroxylation is 1. The first-order chi connectivity index (χ1) is 13.0. The lowest BCUT2D eigenvalue weighted by Gasteiger charge is -2.18. The minimum atomic E-state index is -0.244. The predicted octanol–water partition coefficient (Wildman–Crippen LogP) is 6.24. The summed E-state index contributed by atoms with van der Waals surface area (Å²) in [4.78, 5) is 25.2. The number of benzene rings is 1. The Morgan fingerprint density at radius 3 is 1.85 bits per heavy atom. The van der Waals surface area contributed by atoms with Crippen molar-refractivity contribution in [2.24, 2.45) is 11.8 Å². The highest BCUT2D eigenvalue weighted by Gasteiger charge is 2.24. The van der Waals surface area contributed by atoms with Crippen LogP contribution in [0.2, 0.25) is 0 Å². The van der Waals surface area contributed by atoms with Crippen molar-refractivity contribution < 1.29 is 19.1 Å². The first kappa shape index (κ1) is 23.2. The quantitative estimate of drug-likeness (QED) is 0.320. The van der Waals surface area contributed by atoms with Gasteiger partial charge in [0.25, 0.3) is 0 Å². The Labute approximate surface area is 164 Å². The summed E-state index contributed by atoms with van der Waals surface area (Å²) in [6, 6.07) is 5.38. The van der Waals surface area contributed by atoms with Crippen LogP contribution in [0.25, 0.3) is 0 Å². The maximum atomic E-state index is 12.6. The van der Waals surface area contributed by atoms with Gasteiger partial charge in [0.15, 0.2) is 11.5 Å². The van der Waals surface area contributed by atoms with Gasteiger partial charge in [-0.1, -0.05) is 65.5 Å². The second kappa shape index (κ2) is 12.5. The molecule has 0 spiro atoms. The Hall–Kier alpha value is -1.84. The summed E-state index contributed by atoms with van der Waals surface area (Å²) in [6.45, 7) is 10.1. The van der Waals surface area contributed by atoms with Gasteiger partial charge in [0.05, 0.1) is 11.8 Å². The summed E-state index contributed by atoms with van der Waals surface area (Å²) in [5.74, 6) is -0.0183. The number of carbonyl (C=O) groups excluding carboxylic acids is 2. The second-order valence-corrected chi connectivity index (χ2v) is 7.24. The summed E-state index contributed by atoms with van der Waals surface area (Å²) in [5, 5.41) is 0. The lowest BCUT2D eigenvalue weighted by molar-refractivity contribution is -0.142. The molecule has 4 nitrogen and oxygen atoms in total. The summed E-state index contributed by atoms with van der Waals surface area (Å²) in [7, 11) is 0. The molecular weight excluding hydrogens is 340 g/mol. The van der Waals surface area contributed by atoms with E-state index in [9.17, 15) is 9.59 Å². The van der Waals surface area contributed by atoms with E-state index < -0.39 is 0 Å². The standard InChI is InChI=1S/C23H36O4/c1-6-10-14-18(8-3)22(24)26-20-16-12-13-17(5)21(20)27-23(25)19(9-4)15-11-7-2/h12-13,16,18-19H,6-11,14-15H2,1-5H3. The highest BCUT2D eigenvalue weighted by Crippen LogP contribution is 2.33. The fraction of sp³-hybridized carbons (Fsp3) is 0.652. The maximum Gasteiger partial charge on any atom is 0.314 e. The van der Waals surface area contributed by atoms with Crippen LogP contribution in [0.1, 0.15) is 84.6 Å². The molecule has 0 aliphatic heterocycles. The van der Waals surface area contributed by atoms with Crippen molar-refractivity contribution >= 4 is 11.9 Å². The molecule has 0 aromatic heterocycles. The van der Waals surface area contributed by atoms with Crippen LogP contribution in [-0.2, 0) is 9.59 Å². The van der Waals surface area contributed by atoms with Crippen LogP contribution in [-0.4, -0.2) is 11.9 Å². The van der Waals surface area contributed by atoms with E-state index in [2.05, 4.69) is 13.8 Å². The smallest absolute Gasteiger partial charge is 0.314 e. The number of hydrogen-bond donors (Lipinski definition) is 0. The van der Waals surface area contributed by atoms with Crippen molar-refractivity contribution in [2.75, 3.05) is 0 Å². The molecule has 4 heteroatoms. The van der Waals surface area contributed by atoms with Gasteiger partial charge < -0.3 is 9.47 Å². The lowest BCUT2D eigenvalue weighted by atomic mass is 9.99. The van der Waals surface area contributed by atoms with Crippen LogP contribution in [0.3, 0.4) is 0 Å². The first-order valence-electron chi connectivity index (χ1n) is 10.5. The molecule has 0 N–H and O–H groups in total. The van der Waals surface area contributed by atoms with Crippen LogP contribution < -0.4 is 9.47 Å². The van der Waals surface area contributed by atoms with Crippen molar-refractivity contribution in [3.8, 4) is 11.5 Å². The zero-order valence-corrected chi connectivity index (χ0v) is 17.7. The molecule has 2 unspecified atom stereocenters. The van der Waals surface area contributed by atoms with Gasteiger partial charge in [-0.05, 0) is 44.2 Å². The van der Waals surface area contributed by atoms with Crippen LogP contribution in [0.5, 0.6) is 11.5 Å². The summed E-state index contributed by atoms with van der Waals surface area (Å²) >= 11 is 0. The molecule has 1 aromatic rings. The molecule has 152 valence electrons. The summed E-state index contributed by atoms with van der Waals surface area (Å²) in [6.07, 6.45) is 7.23. The van der Waals surface area contributed by atoms with Gasteiger partial charge in [-0.2, -0.15) is 0 Å². The Morgan fingerprint density at radius 1 is 0.852 bits per heavy atom. The van der Waals surface area contributed by atoms with E-state index in [0.29, 0.717) is 11.5 Å². The fourth-order valence-corrected chi connectivity index (χ4v) is 3.09. The minimum absolute atomic E-state index is 0.123. The van der Waals surface area contributed by atoms with Gasteiger partial charge in [0.2, 0.25) is 0 Å². The largest absolute Gasteiger partial charge is 0.422 e. The molecule has 2 atom stereocenters. The molecule has 1 rings (SSSR count). The molecule has 0 fully saturated rings. The summed E-state index contributed by atoms with van der Waals surface area (Å²) in [5.41, 5.74) is 0.792. The molecule has 0 saturated carbocycles. The van der Waals surface area contributed by atoms with Crippen molar-refractivity contribution in [2.45, 2.75) is 86.0 Å². The number of hydrogen-bond acceptors (Lipinski definition) is 4.